The molecule has 0 N–H and O–H groups in total. The van der Waals surface area contributed by atoms with Gasteiger partial charge in [0.2, 0.25) is 0 Å². The van der Waals surface area contributed by atoms with Gasteiger partial charge in [0.1, 0.15) is 0 Å². The first kappa shape index (κ1) is 11.3. The smallest absolute Gasteiger partial charge is 0.320 e. The predicted octanol–water partition coefficient (Wildman–Crippen LogP) is 4.12. The number of halogens is 2. The van der Waals surface area contributed by atoms with Crippen molar-refractivity contribution in [3.8, 4) is 0 Å². The Balaban J connectivity index is 1.90. The van der Waals surface area contributed by atoms with Gasteiger partial charge in [-0.25, -0.2) is 0 Å². The van der Waals surface area contributed by atoms with Gasteiger partial charge in [-0.1, -0.05) is 25.7 Å². The average molecular weight is 218 g/mol. The summed E-state index contributed by atoms with van der Waals surface area (Å²) in [5.41, 5.74) is 0.357. The number of ether oxygens (including phenoxy) is 1. The van der Waals surface area contributed by atoms with Gasteiger partial charge in [-0.2, -0.15) is 8.78 Å². The van der Waals surface area contributed by atoms with Crippen molar-refractivity contribution in [1.29, 1.82) is 0 Å². The summed E-state index contributed by atoms with van der Waals surface area (Å²) in [6.07, 6.45) is 10.2. The summed E-state index contributed by atoms with van der Waals surface area (Å²) in [5, 5.41) is 0. The van der Waals surface area contributed by atoms with Gasteiger partial charge in [-0.05, 0) is 37.5 Å². The Hall–Kier alpha value is -0.180. The van der Waals surface area contributed by atoms with Crippen LogP contribution in [0.3, 0.4) is 0 Å². The van der Waals surface area contributed by atoms with Gasteiger partial charge in [0.05, 0.1) is 6.10 Å². The van der Waals surface area contributed by atoms with Crippen LogP contribution in [0.25, 0.3) is 0 Å². The van der Waals surface area contributed by atoms with E-state index in [1.807, 2.05) is 0 Å². The second-order valence-corrected chi connectivity index (χ2v) is 5.18. The topological polar surface area (TPSA) is 9.23 Å². The second kappa shape index (κ2) is 4.77. The van der Waals surface area contributed by atoms with Crippen molar-refractivity contribution >= 4 is 0 Å². The maximum atomic E-state index is 12.2. The molecular weight excluding hydrogens is 198 g/mol. The number of hydrogen-bond acceptors (Lipinski definition) is 1. The Kier molecular flexibility index (Phi) is 3.60. The van der Waals surface area contributed by atoms with Crippen molar-refractivity contribution in [2.45, 2.75) is 70.5 Å². The zero-order valence-electron chi connectivity index (χ0n) is 9.18. The zero-order chi connectivity index (χ0) is 10.7. The van der Waals surface area contributed by atoms with Crippen molar-refractivity contribution in [3.63, 3.8) is 0 Å². The molecule has 1 unspecified atom stereocenters. The van der Waals surface area contributed by atoms with Gasteiger partial charge in [0, 0.05) is 0 Å². The molecule has 1 spiro atoms. The molecule has 0 saturated heterocycles. The molecule has 0 aromatic rings. The lowest BCUT2D eigenvalue weighted by molar-refractivity contribution is -0.181. The molecular formula is C12H20F2O. The van der Waals surface area contributed by atoms with Crippen LogP contribution in [0.1, 0.15) is 57.8 Å². The molecule has 0 aromatic carbocycles. The molecule has 2 rings (SSSR count). The minimum atomic E-state index is -2.59. The van der Waals surface area contributed by atoms with E-state index in [0.717, 1.165) is 19.3 Å². The molecule has 0 heterocycles. The normalized spacial score (nSPS) is 31.0. The number of rotatable bonds is 2. The molecule has 2 saturated carbocycles. The Morgan fingerprint density at radius 2 is 1.67 bits per heavy atom. The van der Waals surface area contributed by atoms with Crippen molar-refractivity contribution in [1.82, 2.24) is 0 Å². The summed E-state index contributed by atoms with van der Waals surface area (Å²) in [6, 6.07) is 0. The third kappa shape index (κ3) is 2.90. The predicted molar refractivity (Wildman–Crippen MR) is 54.9 cm³/mol. The molecule has 0 aliphatic heterocycles. The van der Waals surface area contributed by atoms with E-state index < -0.39 is 6.61 Å². The fraction of sp³-hybridized carbons (Fsp3) is 1.00. The van der Waals surface area contributed by atoms with Gasteiger partial charge in [0.25, 0.3) is 0 Å². The molecule has 0 amide bonds. The average Bonchev–Trinajstić information content (AvgIpc) is 2.17. The molecule has 15 heavy (non-hydrogen) atoms. The van der Waals surface area contributed by atoms with Crippen LogP contribution < -0.4 is 0 Å². The maximum Gasteiger partial charge on any atom is 0.345 e. The van der Waals surface area contributed by atoms with Gasteiger partial charge in [0.15, 0.2) is 0 Å². The largest absolute Gasteiger partial charge is 0.345 e. The van der Waals surface area contributed by atoms with E-state index in [0.29, 0.717) is 5.41 Å². The molecule has 1 atom stereocenters. The van der Waals surface area contributed by atoms with Crippen molar-refractivity contribution < 1.29 is 13.5 Å². The first-order valence-electron chi connectivity index (χ1n) is 6.14. The van der Waals surface area contributed by atoms with E-state index in [1.165, 1.54) is 38.5 Å². The Morgan fingerprint density at radius 3 is 2.33 bits per heavy atom. The molecule has 88 valence electrons. The molecule has 0 radical (unpaired) electrons. The highest BCUT2D eigenvalue weighted by Crippen LogP contribution is 2.48. The van der Waals surface area contributed by atoms with Gasteiger partial charge < -0.3 is 4.74 Å². The van der Waals surface area contributed by atoms with Gasteiger partial charge in [-0.15, -0.1) is 0 Å². The van der Waals surface area contributed by atoms with Crippen LogP contribution in [0.15, 0.2) is 0 Å². The maximum absolute atomic E-state index is 12.2. The van der Waals surface area contributed by atoms with Crippen LogP contribution in [0.2, 0.25) is 0 Å². The van der Waals surface area contributed by atoms with E-state index >= 15 is 0 Å². The second-order valence-electron chi connectivity index (χ2n) is 5.18. The Bertz CT molecular complexity index is 194. The molecule has 1 nitrogen and oxygen atoms in total. The van der Waals surface area contributed by atoms with Gasteiger partial charge in [-0.3, -0.25) is 0 Å². The minimum Gasteiger partial charge on any atom is -0.320 e. The summed E-state index contributed by atoms with van der Waals surface area (Å²) in [7, 11) is 0. The van der Waals surface area contributed by atoms with Crippen molar-refractivity contribution in [2.75, 3.05) is 0 Å². The Labute approximate surface area is 90.2 Å². The molecule has 2 fully saturated rings. The lowest BCUT2D eigenvalue weighted by Gasteiger charge is -2.43. The first-order chi connectivity index (χ1) is 7.20. The van der Waals surface area contributed by atoms with E-state index in [1.54, 1.807) is 0 Å². The highest BCUT2D eigenvalue weighted by Gasteiger charge is 2.38. The zero-order valence-corrected chi connectivity index (χ0v) is 9.18. The van der Waals surface area contributed by atoms with Crippen LogP contribution in [-0.4, -0.2) is 12.7 Å². The van der Waals surface area contributed by atoms with Crippen LogP contribution >= 0.6 is 0 Å². The van der Waals surface area contributed by atoms with Crippen LogP contribution in [0, 0.1) is 5.41 Å². The van der Waals surface area contributed by atoms with E-state index in [4.69, 9.17) is 0 Å². The summed E-state index contributed by atoms with van der Waals surface area (Å²) in [5.74, 6) is 0. The van der Waals surface area contributed by atoms with E-state index in [-0.39, 0.29) is 6.10 Å². The Morgan fingerprint density at radius 1 is 1.00 bits per heavy atom. The molecule has 3 heteroatoms. The monoisotopic (exact) mass is 218 g/mol. The third-order valence-electron chi connectivity index (χ3n) is 4.10. The molecule has 2 aliphatic rings. The summed E-state index contributed by atoms with van der Waals surface area (Å²) in [4.78, 5) is 0. The van der Waals surface area contributed by atoms with Crippen LogP contribution in [0.4, 0.5) is 8.78 Å². The van der Waals surface area contributed by atoms with E-state index in [2.05, 4.69) is 4.74 Å². The van der Waals surface area contributed by atoms with Crippen molar-refractivity contribution in [2.24, 2.45) is 5.41 Å². The van der Waals surface area contributed by atoms with Crippen molar-refractivity contribution in [3.05, 3.63) is 0 Å². The summed E-state index contributed by atoms with van der Waals surface area (Å²) in [6.45, 7) is -2.59. The number of alkyl halides is 2. The highest BCUT2D eigenvalue weighted by atomic mass is 19.3. The van der Waals surface area contributed by atoms with Crippen LogP contribution in [-0.2, 0) is 4.74 Å². The molecule has 2 aliphatic carbocycles. The standard InChI is InChI=1S/C12H20F2O/c13-11(14)15-10-5-4-8-12(9-10)6-2-1-3-7-12/h10-11H,1-9H2. The lowest BCUT2D eigenvalue weighted by atomic mass is 9.65. The lowest BCUT2D eigenvalue weighted by Crippen LogP contribution is -2.35. The van der Waals surface area contributed by atoms with Gasteiger partial charge >= 0.3 is 6.61 Å². The summed E-state index contributed by atoms with van der Waals surface area (Å²) >= 11 is 0. The third-order valence-corrected chi connectivity index (χ3v) is 4.10. The fourth-order valence-electron chi connectivity index (χ4n) is 3.41. The SMILES string of the molecule is FC(F)OC1CCCC2(CCCCC2)C1. The van der Waals surface area contributed by atoms with E-state index in [9.17, 15) is 8.78 Å². The van der Waals surface area contributed by atoms with Crippen LogP contribution in [0.5, 0.6) is 0 Å². The quantitative estimate of drug-likeness (QED) is 0.677. The summed E-state index contributed by atoms with van der Waals surface area (Å²) < 4.78 is 29.0. The molecule has 0 bridgehead atoms. The first-order valence-corrected chi connectivity index (χ1v) is 6.14. The number of hydrogen-bond donors (Lipinski definition) is 0. The fourth-order valence-corrected chi connectivity index (χ4v) is 3.41. The highest BCUT2D eigenvalue weighted by molar-refractivity contribution is 4.89. The molecule has 0 aromatic heterocycles. The minimum absolute atomic E-state index is 0.183.